The number of methoxy groups -OCH3 is 1. The summed E-state index contributed by atoms with van der Waals surface area (Å²) in [6.07, 6.45) is -5.33. The summed E-state index contributed by atoms with van der Waals surface area (Å²) in [5, 5.41) is 14.9. The first-order valence-electron chi connectivity index (χ1n) is 10.5. The molecule has 2 saturated heterocycles. The van der Waals surface area contributed by atoms with Gasteiger partial charge in [-0.2, -0.15) is 13.2 Å². The second-order valence-electron chi connectivity index (χ2n) is 8.00. The Kier molecular flexibility index (Phi) is 5.70. The van der Waals surface area contributed by atoms with Crippen molar-refractivity contribution in [2.24, 2.45) is 0 Å². The van der Waals surface area contributed by atoms with Crippen LogP contribution in [0, 0.1) is 0 Å². The molecule has 2 aromatic carbocycles. The summed E-state index contributed by atoms with van der Waals surface area (Å²) in [5.41, 5.74) is 0.0632. The Morgan fingerprint density at radius 1 is 1.12 bits per heavy atom. The zero-order valence-electron chi connectivity index (χ0n) is 17.9. The number of nitrogens with one attached hydrogen (secondary N) is 1. The van der Waals surface area contributed by atoms with Crippen LogP contribution in [-0.4, -0.2) is 64.7 Å². The Morgan fingerprint density at radius 3 is 2.62 bits per heavy atom. The van der Waals surface area contributed by atoms with Crippen LogP contribution in [-0.2, 0) is 15.7 Å². The van der Waals surface area contributed by atoms with E-state index >= 15 is 0 Å². The zero-order chi connectivity index (χ0) is 23.9. The smallest absolute Gasteiger partial charge is 0.416 e. The lowest BCUT2D eigenvalue weighted by atomic mass is 10.0. The third-order valence-electron chi connectivity index (χ3n) is 5.95. The molecule has 1 amide bonds. The van der Waals surface area contributed by atoms with Crippen LogP contribution in [0.25, 0.3) is 11.4 Å². The lowest BCUT2D eigenvalue weighted by Crippen LogP contribution is -2.44. The highest BCUT2D eigenvalue weighted by Gasteiger charge is 2.50. The highest BCUT2D eigenvalue weighted by molar-refractivity contribution is 5.94. The average molecular weight is 475 g/mol. The van der Waals surface area contributed by atoms with Gasteiger partial charge in [0.25, 0.3) is 5.91 Å². The van der Waals surface area contributed by atoms with E-state index in [1.54, 1.807) is 11.8 Å². The fraction of sp³-hybridized carbons (Fsp3) is 0.364. The van der Waals surface area contributed by atoms with Gasteiger partial charge in [-0.1, -0.05) is 12.1 Å². The molecule has 34 heavy (non-hydrogen) atoms. The largest absolute Gasteiger partial charge is 0.497 e. The number of carbonyl (C=O) groups excluding carboxylic acids is 1. The summed E-state index contributed by atoms with van der Waals surface area (Å²) in [6, 6.07) is 10.6. The number of rotatable bonds is 5. The van der Waals surface area contributed by atoms with Gasteiger partial charge in [-0.3, -0.25) is 4.79 Å². The van der Waals surface area contributed by atoms with E-state index in [0.29, 0.717) is 11.6 Å². The molecule has 178 valence electrons. The van der Waals surface area contributed by atoms with Gasteiger partial charge in [-0.15, -0.1) is 5.10 Å². The molecule has 0 bridgehead atoms. The monoisotopic (exact) mass is 475 g/mol. The zero-order valence-corrected chi connectivity index (χ0v) is 17.9. The third kappa shape index (κ3) is 4.10. The van der Waals surface area contributed by atoms with E-state index in [9.17, 15) is 18.0 Å². The van der Waals surface area contributed by atoms with E-state index in [0.717, 1.165) is 29.8 Å². The molecule has 0 spiro atoms. The number of carbonyl (C=O) groups is 1. The number of hydrogen-bond acceptors (Lipinski definition) is 7. The second kappa shape index (κ2) is 8.69. The van der Waals surface area contributed by atoms with Crippen LogP contribution in [0.3, 0.4) is 0 Å². The minimum absolute atomic E-state index is 0.117. The normalized spacial score (nSPS) is 24.1. The quantitative estimate of drug-likeness (QED) is 0.605. The third-order valence-corrected chi connectivity index (χ3v) is 5.95. The number of tetrazole rings is 1. The number of halogens is 3. The molecule has 2 fully saturated rings. The van der Waals surface area contributed by atoms with Gasteiger partial charge >= 0.3 is 6.18 Å². The van der Waals surface area contributed by atoms with Crippen molar-refractivity contribution in [1.82, 2.24) is 25.5 Å². The predicted molar refractivity (Wildman–Crippen MR) is 111 cm³/mol. The highest BCUT2D eigenvalue weighted by Crippen LogP contribution is 2.36. The molecule has 3 aromatic rings. The van der Waals surface area contributed by atoms with Gasteiger partial charge in [0.15, 0.2) is 5.82 Å². The Hall–Kier alpha value is -3.51. The molecular weight excluding hydrogens is 455 g/mol. The molecule has 0 radical (unpaired) electrons. The maximum Gasteiger partial charge on any atom is 0.416 e. The molecule has 3 heterocycles. The number of amides is 1. The topological polar surface area (TPSA) is 100 Å². The summed E-state index contributed by atoms with van der Waals surface area (Å²) in [5.74, 6) is 0.680. The first-order chi connectivity index (χ1) is 16.3. The summed E-state index contributed by atoms with van der Waals surface area (Å²) in [4.78, 5) is 12.6. The van der Waals surface area contributed by atoms with Crippen molar-refractivity contribution in [2.45, 2.75) is 30.5 Å². The van der Waals surface area contributed by atoms with E-state index in [1.807, 2.05) is 24.3 Å². The number of fused-ring (bicyclic) bond motifs is 1. The van der Waals surface area contributed by atoms with Crippen molar-refractivity contribution in [1.29, 1.82) is 0 Å². The predicted octanol–water partition coefficient (Wildman–Crippen LogP) is 2.50. The van der Waals surface area contributed by atoms with Crippen molar-refractivity contribution < 1.29 is 32.2 Å². The number of ether oxygens (including phenoxy) is 3. The van der Waals surface area contributed by atoms with Gasteiger partial charge in [-0.05, 0) is 46.8 Å². The minimum atomic E-state index is -4.46. The van der Waals surface area contributed by atoms with Crippen molar-refractivity contribution >= 4 is 5.91 Å². The number of aromatic nitrogens is 4. The van der Waals surface area contributed by atoms with E-state index in [-0.39, 0.29) is 24.8 Å². The summed E-state index contributed by atoms with van der Waals surface area (Å²) in [7, 11) is 1.57. The van der Waals surface area contributed by atoms with Crippen LogP contribution in [0.4, 0.5) is 13.2 Å². The molecule has 2 aliphatic rings. The number of benzene rings is 2. The Morgan fingerprint density at radius 2 is 1.88 bits per heavy atom. The Labute approximate surface area is 191 Å². The molecule has 1 aromatic heterocycles. The Bertz CT molecular complexity index is 1180. The fourth-order valence-electron chi connectivity index (χ4n) is 4.24. The van der Waals surface area contributed by atoms with Gasteiger partial charge < -0.3 is 19.5 Å². The van der Waals surface area contributed by atoms with Gasteiger partial charge in [0, 0.05) is 11.1 Å². The average Bonchev–Trinajstić information content (AvgIpc) is 3.56. The van der Waals surface area contributed by atoms with Gasteiger partial charge in [-0.25, -0.2) is 4.68 Å². The highest BCUT2D eigenvalue weighted by atomic mass is 19.4. The van der Waals surface area contributed by atoms with Gasteiger partial charge in [0.1, 0.15) is 24.0 Å². The second-order valence-corrected chi connectivity index (χ2v) is 8.00. The molecule has 4 unspecified atom stereocenters. The maximum absolute atomic E-state index is 12.8. The van der Waals surface area contributed by atoms with Gasteiger partial charge in [0.05, 0.1) is 31.9 Å². The summed E-state index contributed by atoms with van der Waals surface area (Å²) in [6.45, 7) is 0.457. The lowest BCUT2D eigenvalue weighted by molar-refractivity contribution is -0.137. The van der Waals surface area contributed by atoms with E-state index in [1.165, 1.54) is 0 Å². The minimum Gasteiger partial charge on any atom is -0.497 e. The van der Waals surface area contributed by atoms with Crippen molar-refractivity contribution in [2.75, 3.05) is 20.3 Å². The number of hydrogen-bond donors (Lipinski definition) is 1. The van der Waals surface area contributed by atoms with E-state index in [4.69, 9.17) is 14.2 Å². The van der Waals surface area contributed by atoms with Crippen LogP contribution in [0.1, 0.15) is 22.0 Å². The molecular formula is C22H20F3N5O4. The fourth-order valence-corrected chi connectivity index (χ4v) is 4.24. The summed E-state index contributed by atoms with van der Waals surface area (Å²) >= 11 is 0. The van der Waals surface area contributed by atoms with Crippen LogP contribution in [0.15, 0.2) is 48.5 Å². The van der Waals surface area contributed by atoms with Crippen molar-refractivity contribution in [3.63, 3.8) is 0 Å². The number of nitrogens with zero attached hydrogens (tertiary/aromatic N) is 4. The lowest BCUT2D eigenvalue weighted by Gasteiger charge is -2.18. The maximum atomic E-state index is 12.8. The molecule has 1 N–H and O–H groups in total. The number of alkyl halides is 3. The first kappa shape index (κ1) is 22.3. The van der Waals surface area contributed by atoms with Crippen LogP contribution in [0.2, 0.25) is 0 Å². The molecule has 5 rings (SSSR count). The standard InChI is InChI=1S/C22H20F3N5O4/c1-32-15-4-2-3-13(9-15)20-27-28-29-30(20)17-11-34-18-16(10-33-19(17)18)26-21(31)12-5-7-14(8-6-12)22(23,24)25/h2-9,16-19H,10-11H2,1H3,(H,26,31). The molecule has 9 nitrogen and oxygen atoms in total. The molecule has 0 aliphatic carbocycles. The Balaban J connectivity index is 1.29. The molecule has 2 aliphatic heterocycles. The van der Waals surface area contributed by atoms with Crippen LogP contribution < -0.4 is 10.1 Å². The van der Waals surface area contributed by atoms with E-state index in [2.05, 4.69) is 20.8 Å². The van der Waals surface area contributed by atoms with Crippen molar-refractivity contribution in [3.05, 3.63) is 59.7 Å². The molecule has 0 saturated carbocycles. The molecule has 12 heteroatoms. The van der Waals surface area contributed by atoms with Crippen molar-refractivity contribution in [3.8, 4) is 17.1 Å². The van der Waals surface area contributed by atoms with Crippen LogP contribution >= 0.6 is 0 Å². The SMILES string of the molecule is COc1cccc(-c2nnnn2C2COC3C(NC(=O)c4ccc(C(F)(F)F)cc4)COC32)c1. The summed E-state index contributed by atoms with van der Waals surface area (Å²) < 4.78 is 57.1. The van der Waals surface area contributed by atoms with Gasteiger partial charge in [0.2, 0.25) is 0 Å². The first-order valence-corrected chi connectivity index (χ1v) is 10.5. The van der Waals surface area contributed by atoms with E-state index < -0.39 is 35.9 Å². The van der Waals surface area contributed by atoms with Crippen LogP contribution in [0.5, 0.6) is 5.75 Å². The molecule has 4 atom stereocenters.